The molecule has 5 heteroatoms. The first-order valence-corrected chi connectivity index (χ1v) is 5.72. The molecule has 0 saturated carbocycles. The molecule has 0 aliphatic carbocycles. The Morgan fingerprint density at radius 1 is 1.46 bits per heavy atom. The summed E-state index contributed by atoms with van der Waals surface area (Å²) >= 11 is 4.14. The second kappa shape index (κ2) is 3.23. The number of aryl methyl sites for hydroxylation is 2. The zero-order valence-corrected chi connectivity index (χ0v) is 9.06. The molecule has 0 saturated heterocycles. The van der Waals surface area contributed by atoms with Gasteiger partial charge in [-0.05, 0) is 19.9 Å². The molecule has 0 fully saturated rings. The first kappa shape index (κ1) is 8.90. The van der Waals surface area contributed by atoms with Gasteiger partial charge in [-0.15, -0.1) is 11.7 Å². The highest BCUT2D eigenvalue weighted by molar-refractivity contribution is 8.68. The molecule has 13 heavy (non-hydrogen) atoms. The lowest BCUT2D eigenvalue weighted by molar-refractivity contribution is 0.885. The van der Waals surface area contributed by atoms with Crippen molar-refractivity contribution in [2.75, 3.05) is 0 Å². The molecule has 0 radical (unpaired) electrons. The van der Waals surface area contributed by atoms with Crippen molar-refractivity contribution in [1.82, 2.24) is 14.6 Å². The van der Waals surface area contributed by atoms with Crippen LogP contribution in [-0.4, -0.2) is 14.6 Å². The minimum absolute atomic E-state index is 0.887. The predicted molar refractivity (Wildman–Crippen MR) is 57.3 cm³/mol. The maximum absolute atomic E-state index is 4.40. The molecular formula is C8H9N3S2. The van der Waals surface area contributed by atoms with Crippen LogP contribution in [0.4, 0.5) is 0 Å². The van der Waals surface area contributed by atoms with Crippen LogP contribution >= 0.6 is 22.5 Å². The Bertz CT molecular complexity index is 450. The van der Waals surface area contributed by atoms with E-state index in [-0.39, 0.29) is 0 Å². The lowest BCUT2D eigenvalue weighted by Gasteiger charge is -2.00. The van der Waals surface area contributed by atoms with Gasteiger partial charge in [-0.3, -0.25) is 0 Å². The van der Waals surface area contributed by atoms with Crippen molar-refractivity contribution in [2.45, 2.75) is 18.7 Å². The summed E-state index contributed by atoms with van der Waals surface area (Å²) in [4.78, 5) is 5.39. The number of hydrogen-bond donors (Lipinski definition) is 1. The monoisotopic (exact) mass is 211 g/mol. The van der Waals surface area contributed by atoms with Gasteiger partial charge in [0.05, 0.1) is 11.1 Å². The first-order valence-electron chi connectivity index (χ1n) is 3.86. The van der Waals surface area contributed by atoms with Crippen LogP contribution in [0.2, 0.25) is 0 Å². The van der Waals surface area contributed by atoms with E-state index in [0.717, 1.165) is 21.9 Å². The summed E-state index contributed by atoms with van der Waals surface area (Å²) in [5, 5.41) is 4.21. The second-order valence-electron chi connectivity index (χ2n) is 2.87. The minimum Gasteiger partial charge on any atom is -0.233 e. The molecule has 0 aliphatic heterocycles. The quantitative estimate of drug-likeness (QED) is 0.580. The maximum atomic E-state index is 4.40. The summed E-state index contributed by atoms with van der Waals surface area (Å²) < 4.78 is 1.82. The fourth-order valence-electron chi connectivity index (χ4n) is 1.31. The van der Waals surface area contributed by atoms with Gasteiger partial charge < -0.3 is 0 Å². The highest BCUT2D eigenvalue weighted by Crippen LogP contribution is 2.25. The molecule has 0 atom stereocenters. The third-order valence-corrected chi connectivity index (χ3v) is 2.92. The maximum Gasteiger partial charge on any atom is 0.170 e. The highest BCUT2D eigenvalue weighted by atomic mass is 33.1. The van der Waals surface area contributed by atoms with Crippen LogP contribution in [0, 0.1) is 13.8 Å². The predicted octanol–water partition coefficient (Wildman–Crippen LogP) is 2.28. The van der Waals surface area contributed by atoms with Crippen molar-refractivity contribution in [2.24, 2.45) is 0 Å². The van der Waals surface area contributed by atoms with Crippen LogP contribution in [0.5, 0.6) is 0 Å². The van der Waals surface area contributed by atoms with Gasteiger partial charge >= 0.3 is 0 Å². The van der Waals surface area contributed by atoms with Crippen LogP contribution in [0.3, 0.4) is 0 Å². The topological polar surface area (TPSA) is 30.2 Å². The molecule has 2 aromatic rings. The third-order valence-electron chi connectivity index (χ3n) is 1.84. The Hall–Kier alpha value is -0.680. The standard InChI is InChI=1S/C8H9N3S2/c1-5-3-6(2)11-8(10-5)7(13-12)4-9-11/h3-4,12H,1-2H3. The Morgan fingerprint density at radius 3 is 2.92 bits per heavy atom. The fourth-order valence-corrected chi connectivity index (χ4v) is 2.01. The zero-order chi connectivity index (χ0) is 9.42. The molecule has 2 heterocycles. The van der Waals surface area contributed by atoms with Gasteiger partial charge in [0.1, 0.15) is 0 Å². The number of aromatic nitrogens is 3. The number of rotatable bonds is 1. The average Bonchev–Trinajstić information content (AvgIpc) is 2.47. The molecule has 2 rings (SSSR count). The second-order valence-corrected chi connectivity index (χ2v) is 4.04. The van der Waals surface area contributed by atoms with Crippen LogP contribution in [-0.2, 0) is 0 Å². The number of thiol groups is 1. The van der Waals surface area contributed by atoms with Crippen LogP contribution < -0.4 is 0 Å². The fraction of sp³-hybridized carbons (Fsp3) is 0.250. The van der Waals surface area contributed by atoms with Crippen molar-refractivity contribution in [3.63, 3.8) is 0 Å². The SMILES string of the molecule is Cc1cc(C)n2ncc(SS)c2n1. The summed E-state index contributed by atoms with van der Waals surface area (Å²) in [6, 6.07) is 2.01. The molecule has 68 valence electrons. The lowest BCUT2D eigenvalue weighted by atomic mass is 10.3. The summed E-state index contributed by atoms with van der Waals surface area (Å²) in [5.74, 6) is 0. The number of hydrogen-bond acceptors (Lipinski definition) is 4. The Morgan fingerprint density at radius 2 is 2.23 bits per heavy atom. The Balaban J connectivity index is 2.82. The largest absolute Gasteiger partial charge is 0.233 e. The Kier molecular flexibility index (Phi) is 2.21. The summed E-state index contributed by atoms with van der Waals surface area (Å²) in [6.07, 6.45) is 1.78. The molecule has 2 aromatic heterocycles. The molecule has 0 amide bonds. The van der Waals surface area contributed by atoms with Crippen molar-refractivity contribution >= 4 is 28.1 Å². The van der Waals surface area contributed by atoms with E-state index in [1.54, 1.807) is 6.20 Å². The van der Waals surface area contributed by atoms with E-state index in [2.05, 4.69) is 21.7 Å². The molecular weight excluding hydrogens is 202 g/mol. The van der Waals surface area contributed by atoms with Crippen LogP contribution in [0.25, 0.3) is 5.65 Å². The van der Waals surface area contributed by atoms with Crippen molar-refractivity contribution < 1.29 is 0 Å². The van der Waals surface area contributed by atoms with E-state index in [9.17, 15) is 0 Å². The van der Waals surface area contributed by atoms with E-state index in [0.29, 0.717) is 0 Å². The summed E-state index contributed by atoms with van der Waals surface area (Å²) in [5.41, 5.74) is 2.99. The van der Waals surface area contributed by atoms with E-state index in [1.165, 1.54) is 10.8 Å². The van der Waals surface area contributed by atoms with Gasteiger partial charge in [-0.1, -0.05) is 10.8 Å². The Labute approximate surface area is 85.4 Å². The van der Waals surface area contributed by atoms with Crippen molar-refractivity contribution in [3.8, 4) is 0 Å². The summed E-state index contributed by atoms with van der Waals surface area (Å²) in [7, 11) is 1.37. The molecule has 0 bridgehead atoms. The van der Waals surface area contributed by atoms with E-state index in [4.69, 9.17) is 0 Å². The molecule has 0 unspecified atom stereocenters. The van der Waals surface area contributed by atoms with Crippen molar-refractivity contribution in [1.29, 1.82) is 0 Å². The number of fused-ring (bicyclic) bond motifs is 1. The summed E-state index contributed by atoms with van der Waals surface area (Å²) in [6.45, 7) is 3.99. The molecule has 0 aromatic carbocycles. The van der Waals surface area contributed by atoms with E-state index in [1.807, 2.05) is 24.4 Å². The van der Waals surface area contributed by atoms with Crippen LogP contribution in [0.1, 0.15) is 11.4 Å². The van der Waals surface area contributed by atoms with Gasteiger partial charge in [0.2, 0.25) is 0 Å². The highest BCUT2D eigenvalue weighted by Gasteiger charge is 2.06. The third kappa shape index (κ3) is 1.42. The van der Waals surface area contributed by atoms with Crippen LogP contribution in [0.15, 0.2) is 17.2 Å². The lowest BCUT2D eigenvalue weighted by Crippen LogP contribution is -1.96. The first-order chi connectivity index (χ1) is 6.22. The molecule has 0 N–H and O–H groups in total. The van der Waals surface area contributed by atoms with E-state index >= 15 is 0 Å². The molecule has 3 nitrogen and oxygen atoms in total. The van der Waals surface area contributed by atoms with Gasteiger partial charge in [0, 0.05) is 11.4 Å². The van der Waals surface area contributed by atoms with Crippen molar-refractivity contribution in [3.05, 3.63) is 23.7 Å². The molecule has 0 aliphatic rings. The minimum atomic E-state index is 0.887. The average molecular weight is 211 g/mol. The smallest absolute Gasteiger partial charge is 0.170 e. The van der Waals surface area contributed by atoms with E-state index < -0.39 is 0 Å². The normalized spacial score (nSPS) is 11.0. The zero-order valence-electron chi connectivity index (χ0n) is 7.35. The van der Waals surface area contributed by atoms with Gasteiger partial charge in [0.15, 0.2) is 5.65 Å². The number of nitrogens with zero attached hydrogens (tertiary/aromatic N) is 3. The van der Waals surface area contributed by atoms with Gasteiger partial charge in [-0.25, -0.2) is 9.50 Å². The van der Waals surface area contributed by atoms with Gasteiger partial charge in [-0.2, -0.15) is 5.10 Å². The van der Waals surface area contributed by atoms with Gasteiger partial charge in [0.25, 0.3) is 0 Å². The molecule has 0 spiro atoms.